The van der Waals surface area contributed by atoms with Crippen molar-refractivity contribution in [2.24, 2.45) is 0 Å². The monoisotopic (exact) mass is 399 g/mol. The number of piperazine rings is 1. The second kappa shape index (κ2) is 10.5. The van der Waals surface area contributed by atoms with Crippen LogP contribution in [0.25, 0.3) is 0 Å². The van der Waals surface area contributed by atoms with Gasteiger partial charge in [-0.25, -0.2) is 4.39 Å². The van der Waals surface area contributed by atoms with Gasteiger partial charge in [-0.1, -0.05) is 0 Å². The fraction of sp³-hybridized carbons (Fsp3) is 0.562. The zero-order valence-corrected chi connectivity index (χ0v) is 14.8. The van der Waals surface area contributed by atoms with E-state index in [1.54, 1.807) is 0 Å². The van der Waals surface area contributed by atoms with Crippen LogP contribution in [0.1, 0.15) is 6.42 Å². The quantitative estimate of drug-likeness (QED) is 0.688. The number of carbonyl (C=O) groups excluding carboxylic acids is 1. The second-order valence-electron chi connectivity index (χ2n) is 5.70. The highest BCUT2D eigenvalue weighted by atomic mass is 35.5. The third kappa shape index (κ3) is 7.35. The predicted octanol–water partition coefficient (Wildman–Crippen LogP) is 1.97. The summed E-state index contributed by atoms with van der Waals surface area (Å²) in [5.41, 5.74) is 0. The molecule has 1 unspecified atom stereocenters. The first-order chi connectivity index (χ1) is 11.9. The Bertz CT molecular complexity index is 551. The van der Waals surface area contributed by atoms with E-state index in [1.807, 2.05) is 0 Å². The molecule has 0 spiro atoms. The summed E-state index contributed by atoms with van der Waals surface area (Å²) in [6.07, 6.45) is -4.49. The summed E-state index contributed by atoms with van der Waals surface area (Å²) in [6.45, 7) is 1.07. The Labute approximate surface area is 155 Å². The van der Waals surface area contributed by atoms with E-state index in [0.717, 1.165) is 0 Å². The maximum Gasteiger partial charge on any atom is 0.405 e. The zero-order chi connectivity index (χ0) is 18.3. The average Bonchev–Trinajstić information content (AvgIpc) is 2.56. The molecule has 2 rings (SSSR count). The lowest BCUT2D eigenvalue weighted by Crippen LogP contribution is -2.57. The number of halogens is 5. The number of ether oxygens (including phenoxy) is 1. The molecule has 26 heavy (non-hydrogen) atoms. The van der Waals surface area contributed by atoms with E-state index in [2.05, 4.69) is 10.6 Å². The van der Waals surface area contributed by atoms with Crippen LogP contribution in [-0.2, 0) is 4.79 Å². The van der Waals surface area contributed by atoms with Gasteiger partial charge in [-0.2, -0.15) is 13.2 Å². The van der Waals surface area contributed by atoms with Crippen molar-refractivity contribution in [2.75, 3.05) is 39.3 Å². The highest BCUT2D eigenvalue weighted by molar-refractivity contribution is 5.85. The molecular weight excluding hydrogens is 378 g/mol. The molecule has 1 aromatic rings. The van der Waals surface area contributed by atoms with Crippen LogP contribution >= 0.6 is 12.4 Å². The lowest BCUT2D eigenvalue weighted by atomic mass is 10.2. The van der Waals surface area contributed by atoms with Crippen LogP contribution in [0, 0.1) is 5.82 Å². The van der Waals surface area contributed by atoms with Crippen LogP contribution in [-0.4, -0.2) is 62.4 Å². The van der Waals surface area contributed by atoms with Crippen molar-refractivity contribution in [3.8, 4) is 5.75 Å². The molecule has 0 bridgehead atoms. The summed E-state index contributed by atoms with van der Waals surface area (Å²) in [6, 6.07) is 3.57. The van der Waals surface area contributed by atoms with Gasteiger partial charge in [-0.05, 0) is 24.3 Å². The average molecular weight is 400 g/mol. The standard InChI is InChI=1S/C16H21F4N3O2.ClH/c17-12-1-3-13(4-2-12)25-10-5-15(24)22-11-14(16(18,19)20)23-8-6-21-7-9-23;/h1-4,14,21H,5-11H2,(H,22,24);1H. The van der Waals surface area contributed by atoms with Gasteiger partial charge < -0.3 is 15.4 Å². The molecule has 1 aliphatic heterocycles. The van der Waals surface area contributed by atoms with Gasteiger partial charge in [-0.3, -0.25) is 9.69 Å². The molecule has 0 radical (unpaired) electrons. The third-order valence-corrected chi connectivity index (χ3v) is 3.87. The van der Waals surface area contributed by atoms with Crippen molar-refractivity contribution in [1.82, 2.24) is 15.5 Å². The van der Waals surface area contributed by atoms with Gasteiger partial charge in [0.25, 0.3) is 0 Å². The number of hydrogen-bond acceptors (Lipinski definition) is 4. The molecule has 2 N–H and O–H groups in total. The molecule has 1 amide bonds. The Morgan fingerprint density at radius 1 is 1.23 bits per heavy atom. The Morgan fingerprint density at radius 2 is 1.85 bits per heavy atom. The minimum absolute atomic E-state index is 0. The van der Waals surface area contributed by atoms with Crippen LogP contribution in [0.5, 0.6) is 5.75 Å². The molecule has 5 nitrogen and oxygen atoms in total. The maximum absolute atomic E-state index is 13.2. The molecule has 1 saturated heterocycles. The zero-order valence-electron chi connectivity index (χ0n) is 14.0. The number of benzene rings is 1. The molecule has 0 aromatic heterocycles. The fourth-order valence-corrected chi connectivity index (χ4v) is 2.54. The molecule has 0 saturated carbocycles. The van der Waals surface area contributed by atoms with E-state index in [-0.39, 0.29) is 38.5 Å². The van der Waals surface area contributed by atoms with Crippen molar-refractivity contribution < 1.29 is 27.1 Å². The molecule has 1 heterocycles. The first kappa shape index (κ1) is 22.5. The molecule has 1 aliphatic rings. The summed E-state index contributed by atoms with van der Waals surface area (Å²) >= 11 is 0. The predicted molar refractivity (Wildman–Crippen MR) is 91.1 cm³/mol. The smallest absolute Gasteiger partial charge is 0.405 e. The van der Waals surface area contributed by atoms with E-state index in [1.165, 1.54) is 29.2 Å². The number of nitrogens with one attached hydrogen (secondary N) is 2. The number of amides is 1. The summed E-state index contributed by atoms with van der Waals surface area (Å²) in [4.78, 5) is 13.1. The molecule has 148 valence electrons. The summed E-state index contributed by atoms with van der Waals surface area (Å²) in [5.74, 6) is -0.536. The Kier molecular flexibility index (Phi) is 9.11. The van der Waals surface area contributed by atoms with E-state index >= 15 is 0 Å². The SMILES string of the molecule is Cl.O=C(CCOc1ccc(F)cc1)NCC(N1CCNCC1)C(F)(F)F. The molecule has 10 heteroatoms. The van der Waals surface area contributed by atoms with Crippen LogP contribution in [0.3, 0.4) is 0 Å². The Balaban J connectivity index is 0.00000338. The summed E-state index contributed by atoms with van der Waals surface area (Å²) < 4.78 is 57.6. The number of alkyl halides is 3. The number of hydrogen-bond donors (Lipinski definition) is 2. The Hall–Kier alpha value is -1.58. The molecule has 1 aromatic carbocycles. The van der Waals surface area contributed by atoms with Gasteiger partial charge in [0.15, 0.2) is 0 Å². The lowest BCUT2D eigenvalue weighted by Gasteiger charge is -2.35. The van der Waals surface area contributed by atoms with Gasteiger partial charge in [0.1, 0.15) is 17.6 Å². The lowest BCUT2D eigenvalue weighted by molar-refractivity contribution is -0.184. The van der Waals surface area contributed by atoms with Crippen LogP contribution in [0.4, 0.5) is 17.6 Å². The fourth-order valence-electron chi connectivity index (χ4n) is 2.54. The third-order valence-electron chi connectivity index (χ3n) is 3.87. The van der Waals surface area contributed by atoms with Crippen molar-refractivity contribution in [3.63, 3.8) is 0 Å². The van der Waals surface area contributed by atoms with Crippen molar-refractivity contribution in [3.05, 3.63) is 30.1 Å². The molecule has 0 aliphatic carbocycles. The van der Waals surface area contributed by atoms with Gasteiger partial charge in [0, 0.05) is 32.7 Å². The molecule has 1 fully saturated rings. The minimum atomic E-state index is -4.41. The van der Waals surface area contributed by atoms with Gasteiger partial charge in [0.2, 0.25) is 5.91 Å². The van der Waals surface area contributed by atoms with E-state index in [9.17, 15) is 22.4 Å². The maximum atomic E-state index is 13.2. The van der Waals surface area contributed by atoms with Crippen LogP contribution in [0.2, 0.25) is 0 Å². The Morgan fingerprint density at radius 3 is 2.42 bits per heavy atom. The second-order valence-corrected chi connectivity index (χ2v) is 5.70. The number of nitrogens with zero attached hydrogens (tertiary/aromatic N) is 1. The summed E-state index contributed by atoms with van der Waals surface area (Å²) in [7, 11) is 0. The van der Waals surface area contributed by atoms with Crippen LogP contribution in [0.15, 0.2) is 24.3 Å². The van der Waals surface area contributed by atoms with E-state index in [4.69, 9.17) is 4.74 Å². The summed E-state index contributed by atoms with van der Waals surface area (Å²) in [5, 5.41) is 5.32. The van der Waals surface area contributed by atoms with Crippen molar-refractivity contribution in [2.45, 2.75) is 18.6 Å². The van der Waals surface area contributed by atoms with Gasteiger partial charge in [0.05, 0.1) is 13.0 Å². The normalized spacial score (nSPS) is 16.5. The minimum Gasteiger partial charge on any atom is -0.493 e. The van der Waals surface area contributed by atoms with Gasteiger partial charge in [-0.15, -0.1) is 12.4 Å². The van der Waals surface area contributed by atoms with Gasteiger partial charge >= 0.3 is 6.18 Å². The highest BCUT2D eigenvalue weighted by Crippen LogP contribution is 2.24. The largest absolute Gasteiger partial charge is 0.493 e. The molecule has 1 atom stereocenters. The van der Waals surface area contributed by atoms with Crippen LogP contribution < -0.4 is 15.4 Å². The molecular formula is C16H22ClF4N3O2. The first-order valence-corrected chi connectivity index (χ1v) is 8.03. The van der Waals surface area contributed by atoms with Crippen molar-refractivity contribution >= 4 is 18.3 Å². The first-order valence-electron chi connectivity index (χ1n) is 8.03. The van der Waals surface area contributed by atoms with Crippen molar-refractivity contribution in [1.29, 1.82) is 0 Å². The topological polar surface area (TPSA) is 53.6 Å². The van der Waals surface area contributed by atoms with E-state index in [0.29, 0.717) is 18.8 Å². The number of rotatable bonds is 7. The highest BCUT2D eigenvalue weighted by Gasteiger charge is 2.43. The number of carbonyl (C=O) groups is 1. The van der Waals surface area contributed by atoms with E-state index < -0.39 is 30.5 Å².